The smallest absolute Gasteiger partial charge is 0.425 e. The summed E-state index contributed by atoms with van der Waals surface area (Å²) in [6.45, 7) is 0.825. The van der Waals surface area contributed by atoms with Gasteiger partial charge in [-0.2, -0.15) is 18.4 Å². The van der Waals surface area contributed by atoms with Crippen LogP contribution in [0.3, 0.4) is 0 Å². The van der Waals surface area contributed by atoms with Crippen molar-refractivity contribution in [2.24, 2.45) is 0 Å². The van der Waals surface area contributed by atoms with Crippen LogP contribution in [0.15, 0.2) is 23.1 Å². The predicted octanol–water partition coefficient (Wildman–Crippen LogP) is 2.35. The maximum Gasteiger partial charge on any atom is 0.425 e. The molecule has 0 unspecified atom stereocenters. The normalized spacial score (nSPS) is 24.0. The molecule has 0 radical (unpaired) electrons. The summed E-state index contributed by atoms with van der Waals surface area (Å²) in [5.41, 5.74) is -0.859. The Balaban J connectivity index is 1.70. The summed E-state index contributed by atoms with van der Waals surface area (Å²) in [7, 11) is -3.96. The van der Waals surface area contributed by atoms with Crippen LogP contribution in [-0.2, 0) is 14.6 Å². The van der Waals surface area contributed by atoms with E-state index in [2.05, 4.69) is 10.6 Å². The van der Waals surface area contributed by atoms with E-state index in [4.69, 9.17) is 21.6 Å². The van der Waals surface area contributed by atoms with E-state index in [9.17, 15) is 26.4 Å². The third kappa shape index (κ3) is 4.66. The minimum atomic E-state index is -4.58. The Labute approximate surface area is 176 Å². The highest BCUT2D eigenvalue weighted by molar-refractivity contribution is 7.92. The van der Waals surface area contributed by atoms with Crippen molar-refractivity contribution in [3.05, 3.63) is 23.2 Å². The highest BCUT2D eigenvalue weighted by atomic mass is 35.5. The van der Waals surface area contributed by atoms with Crippen molar-refractivity contribution in [2.75, 3.05) is 6.54 Å². The van der Waals surface area contributed by atoms with Gasteiger partial charge in [0.25, 0.3) is 0 Å². The Hall–Kier alpha value is -2.03. The monoisotopic (exact) mass is 465 g/mol. The van der Waals surface area contributed by atoms with Crippen LogP contribution in [0.1, 0.15) is 26.2 Å². The fourth-order valence-corrected chi connectivity index (χ4v) is 5.29. The first-order valence-electron chi connectivity index (χ1n) is 9.11. The molecule has 30 heavy (non-hydrogen) atoms. The number of amides is 1. The van der Waals surface area contributed by atoms with E-state index in [1.54, 1.807) is 0 Å². The standard InChI is InChI=1S/C18H19ClF3N3O4S/c1-10(18(20,21)22)29-11-2-3-15(13(19)6-11)30(27,28)12-7-14(24-8-12)16(26)25-17(9-23)4-5-17/h2-3,6,10,12,14,24H,4-5,7-8H2,1H3,(H,25,26)/t10-,12+,14-/m0/s1. The number of ether oxygens (including phenoxy) is 1. The maximum atomic E-state index is 12.9. The van der Waals surface area contributed by atoms with Gasteiger partial charge in [0.2, 0.25) is 5.91 Å². The van der Waals surface area contributed by atoms with Gasteiger partial charge in [-0.15, -0.1) is 0 Å². The van der Waals surface area contributed by atoms with Crippen molar-refractivity contribution in [3.63, 3.8) is 0 Å². The SMILES string of the molecule is C[C@H](Oc1ccc(S(=O)(=O)[C@H]2CN[C@H](C(=O)NC3(C#N)CC3)C2)c(Cl)c1)C(F)(F)F. The van der Waals surface area contributed by atoms with Crippen LogP contribution in [0.2, 0.25) is 5.02 Å². The van der Waals surface area contributed by atoms with E-state index in [0.717, 1.165) is 25.1 Å². The number of nitrogens with zero attached hydrogens (tertiary/aromatic N) is 1. The lowest BCUT2D eigenvalue weighted by Gasteiger charge is -2.19. The second-order valence-corrected chi connectivity index (χ2v) is 10.0. The molecule has 1 amide bonds. The molecule has 3 rings (SSSR count). The van der Waals surface area contributed by atoms with Gasteiger partial charge in [-0.25, -0.2) is 8.42 Å². The van der Waals surface area contributed by atoms with Crippen molar-refractivity contribution in [1.29, 1.82) is 5.26 Å². The third-order valence-corrected chi connectivity index (χ3v) is 7.79. The number of alkyl halides is 3. The maximum absolute atomic E-state index is 12.9. The van der Waals surface area contributed by atoms with Crippen molar-refractivity contribution in [2.45, 2.75) is 60.2 Å². The van der Waals surface area contributed by atoms with Crippen LogP contribution in [0.4, 0.5) is 13.2 Å². The minimum absolute atomic E-state index is 0.000336. The van der Waals surface area contributed by atoms with Crippen molar-refractivity contribution in [1.82, 2.24) is 10.6 Å². The number of nitrogens with one attached hydrogen (secondary N) is 2. The van der Waals surface area contributed by atoms with E-state index in [-0.39, 0.29) is 28.6 Å². The van der Waals surface area contributed by atoms with Crippen molar-refractivity contribution < 1.29 is 31.1 Å². The van der Waals surface area contributed by atoms with E-state index < -0.39 is 44.9 Å². The number of carbonyl (C=O) groups excluding carboxylic acids is 1. The van der Waals surface area contributed by atoms with E-state index >= 15 is 0 Å². The van der Waals surface area contributed by atoms with E-state index in [0.29, 0.717) is 12.8 Å². The fraction of sp³-hybridized carbons (Fsp3) is 0.556. The highest BCUT2D eigenvalue weighted by Crippen LogP contribution is 2.35. The molecule has 1 aliphatic heterocycles. The molecule has 1 saturated heterocycles. The molecular weight excluding hydrogens is 447 g/mol. The number of benzene rings is 1. The fourth-order valence-electron chi connectivity index (χ4n) is 3.09. The van der Waals surface area contributed by atoms with Gasteiger partial charge in [0.15, 0.2) is 15.9 Å². The zero-order chi connectivity index (χ0) is 22.3. The van der Waals surface area contributed by atoms with Crippen molar-refractivity contribution >= 4 is 27.3 Å². The molecule has 1 heterocycles. The summed E-state index contributed by atoms with van der Waals surface area (Å²) in [5, 5.41) is 13.3. The van der Waals surface area contributed by atoms with E-state index in [1.165, 1.54) is 0 Å². The molecule has 0 spiro atoms. The van der Waals surface area contributed by atoms with Gasteiger partial charge in [0.1, 0.15) is 11.3 Å². The average molecular weight is 466 g/mol. The number of hydrogen-bond acceptors (Lipinski definition) is 6. The number of halogens is 4. The lowest BCUT2D eigenvalue weighted by atomic mass is 10.2. The second-order valence-electron chi connectivity index (χ2n) is 7.44. The molecular formula is C18H19ClF3N3O4S. The molecule has 2 fully saturated rings. The summed E-state index contributed by atoms with van der Waals surface area (Å²) >= 11 is 6.03. The molecule has 0 aromatic heterocycles. The molecule has 1 aromatic rings. The first-order valence-corrected chi connectivity index (χ1v) is 11.0. The van der Waals surface area contributed by atoms with Gasteiger partial charge in [0, 0.05) is 12.6 Å². The van der Waals surface area contributed by atoms with Gasteiger partial charge in [-0.3, -0.25) is 4.79 Å². The first kappa shape index (κ1) is 22.7. The molecule has 2 N–H and O–H groups in total. The molecule has 12 heteroatoms. The number of rotatable bonds is 6. The molecule has 0 bridgehead atoms. The lowest BCUT2D eigenvalue weighted by molar-refractivity contribution is -0.189. The van der Waals surface area contributed by atoms with Gasteiger partial charge in [-0.1, -0.05) is 11.6 Å². The lowest BCUT2D eigenvalue weighted by Crippen LogP contribution is -2.45. The molecule has 1 aliphatic carbocycles. The Morgan fingerprint density at radius 2 is 2.10 bits per heavy atom. The minimum Gasteiger partial charge on any atom is -0.481 e. The zero-order valence-electron chi connectivity index (χ0n) is 15.8. The molecule has 1 saturated carbocycles. The van der Waals surface area contributed by atoms with Gasteiger partial charge >= 0.3 is 6.18 Å². The first-order chi connectivity index (χ1) is 13.9. The summed E-state index contributed by atoms with van der Waals surface area (Å²) in [4.78, 5) is 12.1. The second kappa shape index (κ2) is 7.90. The Bertz CT molecular complexity index is 989. The highest BCUT2D eigenvalue weighted by Gasteiger charge is 2.47. The largest absolute Gasteiger partial charge is 0.481 e. The average Bonchev–Trinajstić information content (AvgIpc) is 3.23. The number of hydrogen-bond donors (Lipinski definition) is 2. The Morgan fingerprint density at radius 3 is 2.63 bits per heavy atom. The quantitative estimate of drug-likeness (QED) is 0.667. The van der Waals surface area contributed by atoms with Crippen LogP contribution < -0.4 is 15.4 Å². The zero-order valence-corrected chi connectivity index (χ0v) is 17.4. The number of carbonyl (C=O) groups is 1. The van der Waals surface area contributed by atoms with Crippen molar-refractivity contribution in [3.8, 4) is 11.8 Å². The Morgan fingerprint density at radius 1 is 1.43 bits per heavy atom. The van der Waals surface area contributed by atoms with Crippen LogP contribution in [0.5, 0.6) is 5.75 Å². The topological polar surface area (TPSA) is 108 Å². The summed E-state index contributed by atoms with van der Waals surface area (Å²) in [6, 6.07) is 4.48. The van der Waals surface area contributed by atoms with Crippen LogP contribution in [0.25, 0.3) is 0 Å². The third-order valence-electron chi connectivity index (χ3n) is 5.16. The van der Waals surface area contributed by atoms with Gasteiger partial charge < -0.3 is 15.4 Å². The predicted molar refractivity (Wildman–Crippen MR) is 101 cm³/mol. The Kier molecular flexibility index (Phi) is 5.97. The molecule has 7 nitrogen and oxygen atoms in total. The molecule has 2 aliphatic rings. The van der Waals surface area contributed by atoms with Crippen LogP contribution in [0, 0.1) is 11.3 Å². The summed E-state index contributed by atoms with van der Waals surface area (Å²) in [5.74, 6) is -0.653. The number of nitriles is 1. The molecule has 1 aromatic carbocycles. The van der Waals surface area contributed by atoms with Crippen LogP contribution >= 0.6 is 11.6 Å². The molecule has 164 valence electrons. The van der Waals surface area contributed by atoms with Gasteiger partial charge in [-0.05, 0) is 38.3 Å². The summed E-state index contributed by atoms with van der Waals surface area (Å²) in [6.07, 6.45) is -5.57. The summed E-state index contributed by atoms with van der Waals surface area (Å²) < 4.78 is 68.5. The van der Waals surface area contributed by atoms with Gasteiger partial charge in [0.05, 0.1) is 27.3 Å². The van der Waals surface area contributed by atoms with E-state index in [1.807, 2.05) is 6.07 Å². The van der Waals surface area contributed by atoms with Crippen LogP contribution in [-0.4, -0.2) is 50.0 Å². The number of sulfone groups is 1. The molecule has 3 atom stereocenters.